The lowest BCUT2D eigenvalue weighted by molar-refractivity contribution is 0.146. The number of nitrogens with one attached hydrogen (secondary N) is 1. The number of methoxy groups -OCH3 is 1. The first kappa shape index (κ1) is 16.7. The van der Waals surface area contributed by atoms with Crippen LogP contribution in [0.2, 0.25) is 0 Å². The van der Waals surface area contributed by atoms with Crippen LogP contribution in [-0.4, -0.2) is 51.9 Å². The predicted octanol–water partition coefficient (Wildman–Crippen LogP) is 1.82. The van der Waals surface area contributed by atoms with E-state index in [1.54, 1.807) is 11.8 Å². The number of piperazine rings is 1. The fourth-order valence-corrected chi connectivity index (χ4v) is 3.44. The Morgan fingerprint density at radius 2 is 1.92 bits per heavy atom. The largest absolute Gasteiger partial charge is 0.496 e. The van der Waals surface area contributed by atoms with Gasteiger partial charge in [-0.1, -0.05) is 36.4 Å². The summed E-state index contributed by atoms with van der Waals surface area (Å²) >= 11 is 0. The number of benzene rings is 2. The molecule has 0 saturated carbocycles. The molecule has 4 rings (SSSR count). The van der Waals surface area contributed by atoms with Crippen molar-refractivity contribution in [3.8, 4) is 11.4 Å². The Labute approximate surface area is 152 Å². The van der Waals surface area contributed by atoms with E-state index in [0.717, 1.165) is 36.9 Å². The molecular formula is C19H22N6O. The van der Waals surface area contributed by atoms with E-state index in [-0.39, 0.29) is 6.04 Å². The Bertz CT molecular complexity index is 850. The summed E-state index contributed by atoms with van der Waals surface area (Å²) in [5, 5.41) is 15.8. The zero-order chi connectivity index (χ0) is 17.8. The summed E-state index contributed by atoms with van der Waals surface area (Å²) in [7, 11) is 1.72. The van der Waals surface area contributed by atoms with Gasteiger partial charge in [-0.3, -0.25) is 4.90 Å². The molecule has 1 aliphatic rings. The van der Waals surface area contributed by atoms with E-state index >= 15 is 0 Å². The van der Waals surface area contributed by atoms with Crippen LogP contribution in [0.15, 0.2) is 54.6 Å². The van der Waals surface area contributed by atoms with Gasteiger partial charge in [0.15, 0.2) is 5.82 Å². The zero-order valence-electron chi connectivity index (χ0n) is 14.7. The van der Waals surface area contributed by atoms with E-state index in [1.807, 2.05) is 42.5 Å². The summed E-state index contributed by atoms with van der Waals surface area (Å²) in [6.45, 7) is 3.41. The van der Waals surface area contributed by atoms with Gasteiger partial charge in [-0.25, -0.2) is 0 Å². The van der Waals surface area contributed by atoms with Gasteiger partial charge in [-0.05, 0) is 28.6 Å². The minimum Gasteiger partial charge on any atom is -0.496 e. The summed E-state index contributed by atoms with van der Waals surface area (Å²) in [6.07, 6.45) is 0. The van der Waals surface area contributed by atoms with Crippen molar-refractivity contribution in [3.05, 3.63) is 66.0 Å². The topological polar surface area (TPSA) is 68.1 Å². The third-order valence-electron chi connectivity index (χ3n) is 4.73. The van der Waals surface area contributed by atoms with Crippen molar-refractivity contribution in [1.29, 1.82) is 0 Å². The van der Waals surface area contributed by atoms with E-state index in [9.17, 15) is 0 Å². The lowest BCUT2D eigenvalue weighted by Gasteiger charge is -2.36. The molecule has 1 saturated heterocycles. The highest BCUT2D eigenvalue weighted by molar-refractivity contribution is 5.36. The fraction of sp³-hybridized carbons (Fsp3) is 0.316. The molecule has 0 amide bonds. The standard InChI is InChI=1S/C19H22N6O/c1-26-18-10-6-5-9-16(18)17-13-20-11-12-24(17)14-19-21-22-23-25(19)15-7-3-2-4-8-15/h2-10,17,20H,11-14H2,1H3. The minimum atomic E-state index is 0.209. The Morgan fingerprint density at radius 1 is 1.12 bits per heavy atom. The number of nitrogens with zero attached hydrogens (tertiary/aromatic N) is 5. The van der Waals surface area contributed by atoms with Crippen molar-refractivity contribution in [1.82, 2.24) is 30.4 Å². The van der Waals surface area contributed by atoms with Crippen LogP contribution in [0.4, 0.5) is 0 Å². The van der Waals surface area contributed by atoms with Crippen LogP contribution in [0.5, 0.6) is 5.75 Å². The Morgan fingerprint density at radius 3 is 2.77 bits per heavy atom. The number of hydrogen-bond acceptors (Lipinski definition) is 6. The number of aromatic nitrogens is 4. The second-order valence-corrected chi connectivity index (χ2v) is 6.27. The quantitative estimate of drug-likeness (QED) is 0.757. The molecule has 7 heteroatoms. The normalized spacial score (nSPS) is 18.0. The summed E-state index contributed by atoms with van der Waals surface area (Å²) in [5.41, 5.74) is 2.15. The van der Waals surface area contributed by atoms with Gasteiger partial charge in [0.1, 0.15) is 5.75 Å². The van der Waals surface area contributed by atoms with Gasteiger partial charge in [-0.2, -0.15) is 4.68 Å². The lowest BCUT2D eigenvalue weighted by Crippen LogP contribution is -2.46. The minimum absolute atomic E-state index is 0.209. The molecule has 1 aromatic heterocycles. The lowest BCUT2D eigenvalue weighted by atomic mass is 10.0. The van der Waals surface area contributed by atoms with Gasteiger partial charge in [0.2, 0.25) is 0 Å². The first-order valence-corrected chi connectivity index (χ1v) is 8.77. The average molecular weight is 350 g/mol. The van der Waals surface area contributed by atoms with Crippen molar-refractivity contribution in [2.75, 3.05) is 26.7 Å². The third-order valence-corrected chi connectivity index (χ3v) is 4.73. The highest BCUT2D eigenvalue weighted by atomic mass is 16.5. The monoisotopic (exact) mass is 350 g/mol. The number of hydrogen-bond donors (Lipinski definition) is 1. The maximum Gasteiger partial charge on any atom is 0.170 e. The van der Waals surface area contributed by atoms with Gasteiger partial charge in [0, 0.05) is 25.2 Å². The van der Waals surface area contributed by atoms with E-state index in [0.29, 0.717) is 6.54 Å². The molecule has 0 bridgehead atoms. The second kappa shape index (κ2) is 7.63. The predicted molar refractivity (Wildman–Crippen MR) is 98.2 cm³/mol. The molecule has 1 fully saturated rings. The van der Waals surface area contributed by atoms with Crippen molar-refractivity contribution in [3.63, 3.8) is 0 Å². The zero-order valence-corrected chi connectivity index (χ0v) is 14.7. The molecule has 1 aliphatic heterocycles. The molecule has 7 nitrogen and oxygen atoms in total. The number of rotatable bonds is 5. The van der Waals surface area contributed by atoms with Gasteiger partial charge in [0.05, 0.1) is 25.4 Å². The van der Waals surface area contributed by atoms with Gasteiger partial charge in [-0.15, -0.1) is 5.10 Å². The van der Waals surface area contributed by atoms with Crippen LogP contribution in [0.3, 0.4) is 0 Å². The SMILES string of the molecule is COc1ccccc1C1CNCCN1Cc1nnnn1-c1ccccc1. The van der Waals surface area contributed by atoms with Crippen LogP contribution in [-0.2, 0) is 6.54 Å². The van der Waals surface area contributed by atoms with E-state index in [2.05, 4.69) is 37.9 Å². The Balaban J connectivity index is 1.62. The molecule has 134 valence electrons. The molecule has 1 N–H and O–H groups in total. The molecule has 1 unspecified atom stereocenters. The second-order valence-electron chi connectivity index (χ2n) is 6.27. The Kier molecular flexibility index (Phi) is 4.90. The molecule has 2 heterocycles. The summed E-state index contributed by atoms with van der Waals surface area (Å²) in [4.78, 5) is 2.40. The van der Waals surface area contributed by atoms with Crippen molar-refractivity contribution in [2.45, 2.75) is 12.6 Å². The summed E-state index contributed by atoms with van der Waals surface area (Å²) in [6, 6.07) is 18.4. The van der Waals surface area contributed by atoms with Crippen LogP contribution < -0.4 is 10.1 Å². The first-order valence-electron chi connectivity index (χ1n) is 8.77. The smallest absolute Gasteiger partial charge is 0.170 e. The molecule has 2 aromatic carbocycles. The molecule has 3 aromatic rings. The molecule has 0 aliphatic carbocycles. The molecule has 0 radical (unpaired) electrons. The number of ether oxygens (including phenoxy) is 1. The van der Waals surface area contributed by atoms with Gasteiger partial charge >= 0.3 is 0 Å². The van der Waals surface area contributed by atoms with Crippen molar-refractivity contribution in [2.24, 2.45) is 0 Å². The third kappa shape index (κ3) is 3.31. The number of para-hydroxylation sites is 2. The first-order chi connectivity index (χ1) is 12.9. The Hall–Kier alpha value is -2.77. The van der Waals surface area contributed by atoms with Gasteiger partial charge in [0.25, 0.3) is 0 Å². The summed E-state index contributed by atoms with van der Waals surface area (Å²) in [5.74, 6) is 1.74. The van der Waals surface area contributed by atoms with Crippen molar-refractivity contribution < 1.29 is 4.74 Å². The van der Waals surface area contributed by atoms with E-state index in [1.165, 1.54) is 5.56 Å². The fourth-order valence-electron chi connectivity index (χ4n) is 3.44. The van der Waals surface area contributed by atoms with Crippen LogP contribution >= 0.6 is 0 Å². The van der Waals surface area contributed by atoms with Crippen molar-refractivity contribution >= 4 is 0 Å². The van der Waals surface area contributed by atoms with Crippen LogP contribution in [0, 0.1) is 0 Å². The van der Waals surface area contributed by atoms with Crippen LogP contribution in [0.25, 0.3) is 5.69 Å². The molecule has 1 atom stereocenters. The van der Waals surface area contributed by atoms with Crippen LogP contribution in [0.1, 0.15) is 17.4 Å². The number of tetrazole rings is 1. The van der Waals surface area contributed by atoms with Gasteiger partial charge < -0.3 is 10.1 Å². The highest BCUT2D eigenvalue weighted by Crippen LogP contribution is 2.31. The van der Waals surface area contributed by atoms with E-state index < -0.39 is 0 Å². The molecule has 26 heavy (non-hydrogen) atoms. The molecule has 0 spiro atoms. The highest BCUT2D eigenvalue weighted by Gasteiger charge is 2.27. The maximum absolute atomic E-state index is 5.58. The summed E-state index contributed by atoms with van der Waals surface area (Å²) < 4.78 is 7.38. The average Bonchev–Trinajstić information content (AvgIpc) is 3.17. The molecular weight excluding hydrogens is 328 g/mol. The maximum atomic E-state index is 5.58. The van der Waals surface area contributed by atoms with E-state index in [4.69, 9.17) is 4.74 Å².